The van der Waals surface area contributed by atoms with E-state index in [0.717, 1.165) is 16.6 Å². The van der Waals surface area contributed by atoms with E-state index in [0.29, 0.717) is 0 Å². The van der Waals surface area contributed by atoms with E-state index in [2.05, 4.69) is 4.98 Å². The summed E-state index contributed by atoms with van der Waals surface area (Å²) in [6, 6.07) is 8.01. The maximum absolute atomic E-state index is 11.8. The van der Waals surface area contributed by atoms with Crippen molar-refractivity contribution in [2.45, 2.75) is 19.4 Å². The van der Waals surface area contributed by atoms with Gasteiger partial charge in [0.05, 0.1) is 12.8 Å². The van der Waals surface area contributed by atoms with Gasteiger partial charge in [0.25, 0.3) is 0 Å². The summed E-state index contributed by atoms with van der Waals surface area (Å²) >= 11 is 0. The molecule has 0 radical (unpaired) electrons. The van der Waals surface area contributed by atoms with E-state index >= 15 is 0 Å². The summed E-state index contributed by atoms with van der Waals surface area (Å²) in [5, 5.41) is 1.09. The fourth-order valence-corrected chi connectivity index (χ4v) is 2.02. The van der Waals surface area contributed by atoms with Gasteiger partial charge in [-0.05, 0) is 19.9 Å². The van der Waals surface area contributed by atoms with Crippen molar-refractivity contribution in [2.75, 3.05) is 19.1 Å². The number of hydrogen-bond acceptors (Lipinski definition) is 3. The number of methoxy groups -OCH3 is 1. The Bertz CT molecular complexity index is 572. The van der Waals surface area contributed by atoms with Gasteiger partial charge >= 0.3 is 5.97 Å². The van der Waals surface area contributed by atoms with Gasteiger partial charge in [-0.3, -0.25) is 0 Å². The van der Waals surface area contributed by atoms with Gasteiger partial charge in [0.1, 0.15) is 5.54 Å². The Balaban J connectivity index is 2.45. The Morgan fingerprint density at radius 2 is 2.00 bits per heavy atom. The van der Waals surface area contributed by atoms with Gasteiger partial charge in [-0.1, -0.05) is 18.2 Å². The zero-order valence-electron chi connectivity index (χ0n) is 11.2. The molecule has 1 heterocycles. The number of carbonyl (C=O) groups excluding carboxylic acids is 1. The quantitative estimate of drug-likeness (QED) is 0.846. The van der Waals surface area contributed by atoms with Crippen LogP contribution in [0.3, 0.4) is 0 Å². The molecular formula is C14H18N2O2. The third kappa shape index (κ3) is 1.83. The lowest BCUT2D eigenvalue weighted by Gasteiger charge is -2.34. The number of aromatic nitrogens is 1. The number of benzene rings is 1. The number of carbonyl (C=O) groups is 1. The van der Waals surface area contributed by atoms with Crippen LogP contribution in [0.15, 0.2) is 30.5 Å². The zero-order valence-corrected chi connectivity index (χ0v) is 11.2. The first-order valence-corrected chi connectivity index (χ1v) is 5.87. The van der Waals surface area contributed by atoms with Gasteiger partial charge in [-0.25, -0.2) is 4.79 Å². The first-order valence-electron chi connectivity index (χ1n) is 5.87. The number of nitrogens with zero attached hydrogens (tertiary/aromatic N) is 1. The number of aromatic amines is 1. The van der Waals surface area contributed by atoms with E-state index in [1.54, 1.807) is 0 Å². The number of esters is 1. The minimum atomic E-state index is -0.709. The number of para-hydroxylation sites is 1. The average Bonchev–Trinajstić information content (AvgIpc) is 2.80. The molecule has 1 aromatic heterocycles. The van der Waals surface area contributed by atoms with Crippen molar-refractivity contribution in [3.8, 4) is 0 Å². The molecule has 0 saturated heterocycles. The first-order chi connectivity index (χ1) is 8.48. The number of hydrogen-bond donors (Lipinski definition) is 1. The van der Waals surface area contributed by atoms with Gasteiger partial charge in [0, 0.05) is 24.1 Å². The predicted molar refractivity (Wildman–Crippen MR) is 72.8 cm³/mol. The molecule has 0 saturated carbocycles. The first kappa shape index (κ1) is 12.5. The summed E-state index contributed by atoms with van der Waals surface area (Å²) in [5.74, 6) is -0.254. The smallest absolute Gasteiger partial charge is 0.331 e. The lowest BCUT2D eigenvalue weighted by molar-refractivity contribution is -0.145. The van der Waals surface area contributed by atoms with E-state index in [1.807, 2.05) is 56.3 Å². The molecule has 0 spiro atoms. The van der Waals surface area contributed by atoms with Crippen LogP contribution in [-0.4, -0.2) is 30.6 Å². The molecule has 4 nitrogen and oxygen atoms in total. The fraction of sp³-hybridized carbons (Fsp3) is 0.357. The Kier molecular flexibility index (Phi) is 3.03. The van der Waals surface area contributed by atoms with E-state index in [-0.39, 0.29) is 5.97 Å². The SMILES string of the molecule is COC(=O)C(C)(C)N(C)c1c[nH]c2ccccc12. The largest absolute Gasteiger partial charge is 0.467 e. The third-order valence-electron chi connectivity index (χ3n) is 3.45. The van der Waals surface area contributed by atoms with Crippen LogP contribution >= 0.6 is 0 Å². The van der Waals surface area contributed by atoms with Crippen molar-refractivity contribution in [2.24, 2.45) is 0 Å². The highest BCUT2D eigenvalue weighted by Gasteiger charge is 2.34. The predicted octanol–water partition coefficient (Wildman–Crippen LogP) is 2.56. The Hall–Kier alpha value is -1.97. The van der Waals surface area contributed by atoms with Crippen LogP contribution in [0.4, 0.5) is 5.69 Å². The van der Waals surface area contributed by atoms with Gasteiger partial charge in [0.2, 0.25) is 0 Å². The van der Waals surface area contributed by atoms with Crippen LogP contribution in [0.1, 0.15) is 13.8 Å². The van der Waals surface area contributed by atoms with Crippen molar-refractivity contribution in [3.05, 3.63) is 30.5 Å². The van der Waals surface area contributed by atoms with Gasteiger partial charge in [-0.15, -0.1) is 0 Å². The maximum atomic E-state index is 11.8. The van der Waals surface area contributed by atoms with Crippen molar-refractivity contribution in [3.63, 3.8) is 0 Å². The van der Waals surface area contributed by atoms with Crippen molar-refractivity contribution >= 4 is 22.6 Å². The van der Waals surface area contributed by atoms with Crippen molar-refractivity contribution < 1.29 is 9.53 Å². The van der Waals surface area contributed by atoms with Crippen molar-refractivity contribution in [1.29, 1.82) is 0 Å². The Morgan fingerprint density at radius 3 is 2.67 bits per heavy atom. The normalized spacial score (nSPS) is 11.6. The van der Waals surface area contributed by atoms with Crippen LogP contribution < -0.4 is 4.90 Å². The number of ether oxygens (including phenoxy) is 1. The van der Waals surface area contributed by atoms with Crippen LogP contribution in [0.25, 0.3) is 10.9 Å². The van der Waals surface area contributed by atoms with E-state index in [4.69, 9.17) is 4.74 Å². The minimum Gasteiger partial charge on any atom is -0.467 e. The molecule has 0 fully saturated rings. The molecule has 2 aromatic rings. The second-order valence-corrected chi connectivity index (χ2v) is 4.83. The molecule has 0 atom stereocenters. The molecule has 2 rings (SSSR count). The summed E-state index contributed by atoms with van der Waals surface area (Å²) in [4.78, 5) is 17.0. The highest BCUT2D eigenvalue weighted by Crippen LogP contribution is 2.30. The molecular weight excluding hydrogens is 228 g/mol. The summed E-state index contributed by atoms with van der Waals surface area (Å²) in [6.07, 6.45) is 1.91. The molecule has 0 amide bonds. The van der Waals surface area contributed by atoms with Crippen LogP contribution in [0, 0.1) is 0 Å². The number of nitrogens with one attached hydrogen (secondary N) is 1. The molecule has 0 unspecified atom stereocenters. The highest BCUT2D eigenvalue weighted by molar-refractivity contribution is 5.95. The van der Waals surface area contributed by atoms with Crippen LogP contribution in [0.2, 0.25) is 0 Å². The van der Waals surface area contributed by atoms with Gasteiger partial charge in [-0.2, -0.15) is 0 Å². The average molecular weight is 246 g/mol. The van der Waals surface area contributed by atoms with E-state index in [9.17, 15) is 4.79 Å². The molecule has 0 aliphatic rings. The summed E-state index contributed by atoms with van der Waals surface area (Å²) in [5.41, 5.74) is 1.33. The standard InChI is InChI=1S/C14H18N2O2/c1-14(2,13(17)18-4)16(3)12-9-15-11-8-6-5-7-10(11)12/h5-9,15H,1-4H3. The lowest BCUT2D eigenvalue weighted by atomic mass is 10.0. The maximum Gasteiger partial charge on any atom is 0.331 e. The van der Waals surface area contributed by atoms with Gasteiger partial charge in [0.15, 0.2) is 0 Å². The molecule has 1 aromatic carbocycles. The Morgan fingerprint density at radius 1 is 1.33 bits per heavy atom. The fourth-order valence-electron chi connectivity index (χ4n) is 2.02. The summed E-state index contributed by atoms with van der Waals surface area (Å²) in [6.45, 7) is 3.70. The molecule has 0 aliphatic carbocycles. The molecule has 96 valence electrons. The minimum absolute atomic E-state index is 0.254. The third-order valence-corrected chi connectivity index (χ3v) is 3.45. The summed E-state index contributed by atoms with van der Waals surface area (Å²) < 4.78 is 4.86. The van der Waals surface area contributed by atoms with E-state index in [1.165, 1.54) is 7.11 Å². The number of fused-ring (bicyclic) bond motifs is 1. The number of H-pyrrole nitrogens is 1. The molecule has 1 N–H and O–H groups in total. The number of likely N-dealkylation sites (N-methyl/N-ethyl adjacent to an activating group) is 1. The summed E-state index contributed by atoms with van der Waals surface area (Å²) in [7, 11) is 3.31. The number of rotatable bonds is 3. The van der Waals surface area contributed by atoms with Crippen molar-refractivity contribution in [1.82, 2.24) is 4.98 Å². The highest BCUT2D eigenvalue weighted by atomic mass is 16.5. The molecule has 0 aliphatic heterocycles. The lowest BCUT2D eigenvalue weighted by Crippen LogP contribution is -2.48. The van der Waals surface area contributed by atoms with Crippen LogP contribution in [0.5, 0.6) is 0 Å². The van der Waals surface area contributed by atoms with Gasteiger partial charge < -0.3 is 14.6 Å². The monoisotopic (exact) mass is 246 g/mol. The Labute approximate surface area is 107 Å². The second kappa shape index (κ2) is 4.37. The second-order valence-electron chi connectivity index (χ2n) is 4.83. The topological polar surface area (TPSA) is 45.3 Å². The van der Waals surface area contributed by atoms with E-state index < -0.39 is 5.54 Å². The molecule has 18 heavy (non-hydrogen) atoms. The number of anilines is 1. The zero-order chi connectivity index (χ0) is 13.3. The molecule has 4 heteroatoms. The van der Waals surface area contributed by atoms with Crippen LogP contribution in [-0.2, 0) is 9.53 Å². The molecule has 0 bridgehead atoms.